The Bertz CT molecular complexity index is 1040. The van der Waals surface area contributed by atoms with Crippen molar-refractivity contribution in [3.8, 4) is 22.7 Å². The van der Waals surface area contributed by atoms with Gasteiger partial charge in [0.1, 0.15) is 17.0 Å². The maximum atomic E-state index is 12.8. The van der Waals surface area contributed by atoms with E-state index in [4.69, 9.17) is 9.47 Å². The number of hydrogen-bond acceptors (Lipinski definition) is 5. The number of carbonyl (C=O) groups excluding carboxylic acids is 2. The highest BCUT2D eigenvalue weighted by Gasteiger charge is 2.21. The fraction of sp³-hybridized carbons (Fsp3) is 0.261. The largest absolute Gasteiger partial charge is 0.497 e. The first-order valence-electron chi connectivity index (χ1n) is 9.65. The number of rotatable bonds is 7. The smallest absolute Gasteiger partial charge is 0.342 e. The molecule has 30 heavy (non-hydrogen) atoms. The number of ether oxygens (including phenoxy) is 2. The Hall–Kier alpha value is -3.61. The highest BCUT2D eigenvalue weighted by molar-refractivity contribution is 5.97. The molecule has 0 atom stereocenters. The number of nitrogens with one attached hydrogen (secondary N) is 1. The summed E-state index contributed by atoms with van der Waals surface area (Å²) >= 11 is 0. The fourth-order valence-electron chi connectivity index (χ4n) is 2.91. The summed E-state index contributed by atoms with van der Waals surface area (Å²) in [4.78, 5) is 24.7. The average Bonchev–Trinajstić information content (AvgIpc) is 3.17. The van der Waals surface area contributed by atoms with Crippen LogP contribution < -0.4 is 10.1 Å². The van der Waals surface area contributed by atoms with Gasteiger partial charge in [-0.3, -0.25) is 4.79 Å². The second-order valence-corrected chi connectivity index (χ2v) is 7.20. The maximum Gasteiger partial charge on any atom is 0.342 e. The molecule has 0 spiro atoms. The van der Waals surface area contributed by atoms with Gasteiger partial charge in [0.25, 0.3) is 5.91 Å². The molecule has 2 aromatic carbocycles. The molecular weight excluding hydrogens is 382 g/mol. The van der Waals surface area contributed by atoms with Gasteiger partial charge in [0, 0.05) is 17.8 Å². The predicted octanol–water partition coefficient (Wildman–Crippen LogP) is 3.54. The van der Waals surface area contributed by atoms with E-state index in [1.165, 1.54) is 0 Å². The third-order valence-corrected chi connectivity index (χ3v) is 4.36. The van der Waals surface area contributed by atoms with Gasteiger partial charge in [-0.25, -0.2) is 9.48 Å². The lowest BCUT2D eigenvalue weighted by molar-refractivity contribution is -0.124. The lowest BCUT2D eigenvalue weighted by atomic mass is 10.1. The van der Waals surface area contributed by atoms with Crippen LogP contribution in [-0.2, 0) is 9.53 Å². The van der Waals surface area contributed by atoms with Crippen LogP contribution in [0.1, 0.15) is 29.8 Å². The molecule has 156 valence electrons. The zero-order chi connectivity index (χ0) is 21.7. The summed E-state index contributed by atoms with van der Waals surface area (Å²) in [6.45, 7) is 5.32. The van der Waals surface area contributed by atoms with E-state index in [0.29, 0.717) is 17.0 Å². The van der Waals surface area contributed by atoms with Crippen LogP contribution in [0, 0.1) is 6.92 Å². The highest BCUT2D eigenvalue weighted by atomic mass is 16.5. The van der Waals surface area contributed by atoms with Crippen LogP contribution in [-0.4, -0.2) is 41.4 Å². The third kappa shape index (κ3) is 5.05. The molecule has 0 radical (unpaired) electrons. The predicted molar refractivity (Wildman–Crippen MR) is 114 cm³/mol. The SMILES string of the molecule is COc1cccc(-c2nn(-c3ccc(C)cc3)cc2C(=O)OCC(=O)NC(C)C)c1. The van der Waals surface area contributed by atoms with Crippen molar-refractivity contribution in [1.82, 2.24) is 15.1 Å². The van der Waals surface area contributed by atoms with Crippen LogP contribution in [0.4, 0.5) is 0 Å². The van der Waals surface area contributed by atoms with E-state index in [1.54, 1.807) is 24.1 Å². The van der Waals surface area contributed by atoms with Gasteiger partial charge >= 0.3 is 5.97 Å². The number of methoxy groups -OCH3 is 1. The van der Waals surface area contributed by atoms with Gasteiger partial charge < -0.3 is 14.8 Å². The van der Waals surface area contributed by atoms with Gasteiger partial charge in [0.15, 0.2) is 6.61 Å². The van der Waals surface area contributed by atoms with Crippen LogP contribution in [0.5, 0.6) is 5.75 Å². The Kier molecular flexibility index (Phi) is 6.51. The van der Waals surface area contributed by atoms with Crippen molar-refractivity contribution in [3.63, 3.8) is 0 Å². The molecule has 0 bridgehead atoms. The molecule has 0 aliphatic rings. The van der Waals surface area contributed by atoms with Crippen molar-refractivity contribution in [2.45, 2.75) is 26.8 Å². The number of benzene rings is 2. The van der Waals surface area contributed by atoms with E-state index in [1.807, 2.05) is 63.2 Å². The van der Waals surface area contributed by atoms with Crippen LogP contribution in [0.3, 0.4) is 0 Å². The number of aromatic nitrogens is 2. The molecule has 1 aromatic heterocycles. The van der Waals surface area contributed by atoms with Gasteiger partial charge in [-0.05, 0) is 45.0 Å². The lowest BCUT2D eigenvalue weighted by Gasteiger charge is -2.09. The highest BCUT2D eigenvalue weighted by Crippen LogP contribution is 2.27. The summed E-state index contributed by atoms with van der Waals surface area (Å²) in [5.74, 6) is -0.328. The van der Waals surface area contributed by atoms with Gasteiger partial charge in [0.05, 0.1) is 12.8 Å². The molecule has 7 heteroatoms. The topological polar surface area (TPSA) is 82.5 Å². The van der Waals surface area contributed by atoms with Crippen molar-refractivity contribution in [2.75, 3.05) is 13.7 Å². The summed E-state index contributed by atoms with van der Waals surface area (Å²) in [6.07, 6.45) is 1.61. The summed E-state index contributed by atoms with van der Waals surface area (Å²) in [7, 11) is 1.58. The summed E-state index contributed by atoms with van der Waals surface area (Å²) in [5.41, 5.74) is 3.35. The monoisotopic (exact) mass is 407 g/mol. The Balaban J connectivity index is 1.95. The number of esters is 1. The Labute approximate surface area is 175 Å². The van der Waals surface area contributed by atoms with Gasteiger partial charge in [-0.1, -0.05) is 29.8 Å². The van der Waals surface area contributed by atoms with Crippen LogP contribution in [0.2, 0.25) is 0 Å². The zero-order valence-corrected chi connectivity index (χ0v) is 17.5. The zero-order valence-electron chi connectivity index (χ0n) is 17.5. The normalized spacial score (nSPS) is 10.7. The first-order valence-corrected chi connectivity index (χ1v) is 9.65. The van der Waals surface area contributed by atoms with Gasteiger partial charge in [0.2, 0.25) is 0 Å². The molecule has 1 amide bonds. The molecule has 1 heterocycles. The van der Waals surface area contributed by atoms with E-state index in [0.717, 1.165) is 11.3 Å². The van der Waals surface area contributed by atoms with Crippen molar-refractivity contribution < 1.29 is 19.1 Å². The van der Waals surface area contributed by atoms with Crippen molar-refractivity contribution in [2.24, 2.45) is 0 Å². The van der Waals surface area contributed by atoms with E-state index in [-0.39, 0.29) is 24.1 Å². The molecule has 0 unspecified atom stereocenters. The lowest BCUT2D eigenvalue weighted by Crippen LogP contribution is -2.34. The number of aryl methyl sites for hydroxylation is 1. The molecule has 0 fully saturated rings. The van der Waals surface area contributed by atoms with Gasteiger partial charge in [-0.2, -0.15) is 5.10 Å². The number of hydrogen-bond donors (Lipinski definition) is 1. The van der Waals surface area contributed by atoms with Crippen LogP contribution >= 0.6 is 0 Å². The minimum atomic E-state index is -0.620. The average molecular weight is 407 g/mol. The summed E-state index contributed by atoms with van der Waals surface area (Å²) < 4.78 is 12.2. The van der Waals surface area contributed by atoms with Crippen LogP contribution in [0.15, 0.2) is 54.7 Å². The number of amides is 1. The maximum absolute atomic E-state index is 12.8. The van der Waals surface area contributed by atoms with E-state index < -0.39 is 5.97 Å². The van der Waals surface area contributed by atoms with Crippen molar-refractivity contribution in [1.29, 1.82) is 0 Å². The molecular formula is C23H25N3O4. The molecule has 1 N–H and O–H groups in total. The quantitative estimate of drug-likeness (QED) is 0.606. The Morgan fingerprint density at radius 2 is 1.87 bits per heavy atom. The summed E-state index contributed by atoms with van der Waals surface area (Å²) in [5, 5.41) is 7.31. The molecule has 3 rings (SSSR count). The molecule has 0 aliphatic heterocycles. The minimum absolute atomic E-state index is 0.0344. The standard InChI is InChI=1S/C23H25N3O4/c1-15(2)24-21(27)14-30-23(28)20-13-26(18-10-8-16(3)9-11-18)25-22(20)17-6-5-7-19(12-17)29-4/h5-13,15H,14H2,1-4H3,(H,24,27). The first-order chi connectivity index (χ1) is 14.4. The summed E-state index contributed by atoms with van der Waals surface area (Å²) in [6, 6.07) is 15.0. The van der Waals surface area contributed by atoms with Crippen molar-refractivity contribution >= 4 is 11.9 Å². The molecule has 7 nitrogen and oxygen atoms in total. The van der Waals surface area contributed by atoms with E-state index in [9.17, 15) is 9.59 Å². The van der Waals surface area contributed by atoms with Crippen molar-refractivity contribution in [3.05, 3.63) is 65.9 Å². The number of nitrogens with zero attached hydrogens (tertiary/aromatic N) is 2. The van der Waals surface area contributed by atoms with Gasteiger partial charge in [-0.15, -0.1) is 0 Å². The second-order valence-electron chi connectivity index (χ2n) is 7.20. The molecule has 0 saturated carbocycles. The number of carbonyl (C=O) groups is 2. The third-order valence-electron chi connectivity index (χ3n) is 4.36. The second kappa shape index (κ2) is 9.26. The first kappa shape index (κ1) is 21.1. The molecule has 3 aromatic rings. The Morgan fingerprint density at radius 3 is 2.53 bits per heavy atom. The molecule has 0 aliphatic carbocycles. The van der Waals surface area contributed by atoms with Crippen LogP contribution in [0.25, 0.3) is 16.9 Å². The van der Waals surface area contributed by atoms with E-state index >= 15 is 0 Å². The minimum Gasteiger partial charge on any atom is -0.497 e. The molecule has 0 saturated heterocycles. The fourth-order valence-corrected chi connectivity index (χ4v) is 2.91. The van der Waals surface area contributed by atoms with E-state index in [2.05, 4.69) is 10.4 Å². The Morgan fingerprint density at radius 1 is 1.13 bits per heavy atom.